The smallest absolute Gasteiger partial charge is 0.128 e. The largest absolute Gasteiger partial charge is 0.309 e. The van der Waals surface area contributed by atoms with Crippen LogP contribution in [0, 0.1) is 19.7 Å². The first-order valence-electron chi connectivity index (χ1n) is 5.72. The maximum Gasteiger partial charge on any atom is 0.128 e. The second-order valence-electron chi connectivity index (χ2n) is 4.30. The molecule has 0 saturated carbocycles. The summed E-state index contributed by atoms with van der Waals surface area (Å²) in [6.07, 6.45) is 0. The number of nitrogens with one attached hydrogen (secondary N) is 1. The summed E-state index contributed by atoms with van der Waals surface area (Å²) in [4.78, 5) is 2.32. The van der Waals surface area contributed by atoms with E-state index in [2.05, 4.69) is 34.2 Å². The van der Waals surface area contributed by atoms with E-state index in [1.807, 2.05) is 20.0 Å². The molecule has 0 aliphatic carbocycles. The molecule has 0 radical (unpaired) electrons. The normalized spacial score (nSPS) is 12.7. The lowest BCUT2D eigenvalue weighted by atomic mass is 10.0. The van der Waals surface area contributed by atoms with Gasteiger partial charge in [-0.3, -0.25) is 0 Å². The monoisotopic (exact) mass is 327 g/mol. The summed E-state index contributed by atoms with van der Waals surface area (Å²) in [5.74, 6) is -0.165. The number of aryl methyl sites for hydroxylation is 2. The van der Waals surface area contributed by atoms with Gasteiger partial charge in [-0.25, -0.2) is 4.39 Å². The van der Waals surface area contributed by atoms with Crippen molar-refractivity contribution in [2.75, 3.05) is 7.05 Å². The summed E-state index contributed by atoms with van der Waals surface area (Å²) in [7, 11) is 1.86. The van der Waals surface area contributed by atoms with Crippen LogP contribution in [-0.2, 0) is 0 Å². The number of halogens is 2. The van der Waals surface area contributed by atoms with E-state index in [4.69, 9.17) is 0 Å². The summed E-state index contributed by atoms with van der Waals surface area (Å²) in [6.45, 7) is 4.03. The number of hydrogen-bond acceptors (Lipinski definition) is 2. The standard InChI is InChI=1S/C14H15BrFNS/c1-8-4-5-12(16)10(6-8)14(17-3)13-7-11(15)9(2)18-13/h4-7,14,17H,1-3H3. The van der Waals surface area contributed by atoms with Gasteiger partial charge >= 0.3 is 0 Å². The summed E-state index contributed by atoms with van der Waals surface area (Å²) in [6, 6.07) is 7.19. The van der Waals surface area contributed by atoms with Crippen molar-refractivity contribution in [3.63, 3.8) is 0 Å². The Morgan fingerprint density at radius 3 is 2.56 bits per heavy atom. The molecular formula is C14H15BrFNS. The third-order valence-corrected chi connectivity index (χ3v) is 5.11. The zero-order chi connectivity index (χ0) is 13.3. The van der Waals surface area contributed by atoms with Crippen molar-refractivity contribution in [1.29, 1.82) is 0 Å². The Kier molecular flexibility index (Phi) is 4.20. The van der Waals surface area contributed by atoms with Crippen LogP contribution < -0.4 is 5.32 Å². The Bertz CT molecular complexity index is 545. The van der Waals surface area contributed by atoms with Crippen LogP contribution in [0.3, 0.4) is 0 Å². The van der Waals surface area contributed by atoms with Crippen molar-refractivity contribution < 1.29 is 4.39 Å². The number of rotatable bonds is 3. The van der Waals surface area contributed by atoms with Gasteiger partial charge in [0.15, 0.2) is 0 Å². The molecule has 1 nitrogen and oxygen atoms in total. The highest BCUT2D eigenvalue weighted by atomic mass is 79.9. The maximum atomic E-state index is 14.0. The second-order valence-corrected chi connectivity index (χ2v) is 6.44. The van der Waals surface area contributed by atoms with Crippen LogP contribution in [0.4, 0.5) is 4.39 Å². The highest BCUT2D eigenvalue weighted by molar-refractivity contribution is 9.10. The molecule has 0 bridgehead atoms. The zero-order valence-corrected chi connectivity index (χ0v) is 13.0. The van der Waals surface area contributed by atoms with Gasteiger partial charge < -0.3 is 5.32 Å². The minimum absolute atomic E-state index is 0.0973. The number of thiophene rings is 1. The predicted octanol–water partition coefficient (Wildman–Crippen LogP) is 4.58. The Balaban J connectivity index is 2.48. The first-order valence-corrected chi connectivity index (χ1v) is 7.33. The molecule has 1 aromatic carbocycles. The van der Waals surface area contributed by atoms with Crippen LogP contribution in [0.2, 0.25) is 0 Å². The molecule has 0 saturated heterocycles. The minimum Gasteiger partial charge on any atom is -0.309 e. The number of benzene rings is 1. The van der Waals surface area contributed by atoms with E-state index >= 15 is 0 Å². The zero-order valence-electron chi connectivity index (χ0n) is 10.6. The topological polar surface area (TPSA) is 12.0 Å². The van der Waals surface area contributed by atoms with Crippen molar-refractivity contribution >= 4 is 27.3 Å². The average molecular weight is 328 g/mol. The van der Waals surface area contributed by atoms with E-state index in [1.54, 1.807) is 17.4 Å². The lowest BCUT2D eigenvalue weighted by molar-refractivity contribution is 0.578. The molecule has 1 N–H and O–H groups in total. The van der Waals surface area contributed by atoms with Gasteiger partial charge in [0.1, 0.15) is 5.82 Å². The lowest BCUT2D eigenvalue weighted by Gasteiger charge is -2.16. The lowest BCUT2D eigenvalue weighted by Crippen LogP contribution is -2.18. The van der Waals surface area contributed by atoms with Crippen molar-refractivity contribution in [2.45, 2.75) is 19.9 Å². The van der Waals surface area contributed by atoms with Gasteiger partial charge in [0.05, 0.1) is 6.04 Å². The molecule has 1 atom stereocenters. The fourth-order valence-corrected chi connectivity index (χ4v) is 3.65. The minimum atomic E-state index is -0.165. The fraction of sp³-hybridized carbons (Fsp3) is 0.286. The molecular weight excluding hydrogens is 313 g/mol. The molecule has 0 aliphatic rings. The summed E-state index contributed by atoms with van der Waals surface area (Å²) in [5.41, 5.74) is 1.77. The Morgan fingerprint density at radius 2 is 2.00 bits per heavy atom. The predicted molar refractivity (Wildman–Crippen MR) is 78.8 cm³/mol. The molecule has 4 heteroatoms. The van der Waals surface area contributed by atoms with Crippen LogP contribution in [0.25, 0.3) is 0 Å². The van der Waals surface area contributed by atoms with Gasteiger partial charge in [0, 0.05) is 19.8 Å². The molecule has 0 amide bonds. The fourth-order valence-electron chi connectivity index (χ4n) is 1.96. The van der Waals surface area contributed by atoms with Crippen molar-refractivity contribution in [2.24, 2.45) is 0 Å². The first kappa shape index (κ1) is 13.7. The van der Waals surface area contributed by atoms with E-state index in [1.165, 1.54) is 10.9 Å². The Hall–Kier alpha value is -0.710. The summed E-state index contributed by atoms with van der Waals surface area (Å²) < 4.78 is 15.0. The van der Waals surface area contributed by atoms with Crippen molar-refractivity contribution in [1.82, 2.24) is 5.32 Å². The Morgan fingerprint density at radius 1 is 1.28 bits per heavy atom. The molecule has 1 unspecified atom stereocenters. The molecule has 1 aromatic heterocycles. The molecule has 1 heterocycles. The van der Waals surface area contributed by atoms with Gasteiger partial charge in [-0.15, -0.1) is 11.3 Å². The van der Waals surface area contributed by atoms with Gasteiger partial charge in [0.25, 0.3) is 0 Å². The van der Waals surface area contributed by atoms with Crippen LogP contribution >= 0.6 is 27.3 Å². The van der Waals surface area contributed by atoms with Gasteiger partial charge in [-0.2, -0.15) is 0 Å². The molecule has 2 aromatic rings. The van der Waals surface area contributed by atoms with Gasteiger partial charge in [-0.1, -0.05) is 17.7 Å². The van der Waals surface area contributed by atoms with E-state index in [0.29, 0.717) is 5.56 Å². The van der Waals surface area contributed by atoms with Gasteiger partial charge in [0.2, 0.25) is 0 Å². The van der Waals surface area contributed by atoms with Crippen LogP contribution in [-0.4, -0.2) is 7.05 Å². The van der Waals surface area contributed by atoms with E-state index in [-0.39, 0.29) is 11.9 Å². The average Bonchev–Trinajstić information content (AvgIpc) is 2.65. The molecule has 0 fully saturated rings. The number of hydrogen-bond donors (Lipinski definition) is 1. The van der Waals surface area contributed by atoms with E-state index in [0.717, 1.165) is 14.9 Å². The van der Waals surface area contributed by atoms with Crippen molar-refractivity contribution in [3.8, 4) is 0 Å². The maximum absolute atomic E-state index is 14.0. The molecule has 0 spiro atoms. The summed E-state index contributed by atoms with van der Waals surface area (Å²) >= 11 is 5.19. The van der Waals surface area contributed by atoms with Crippen LogP contribution in [0.15, 0.2) is 28.7 Å². The quantitative estimate of drug-likeness (QED) is 0.870. The van der Waals surface area contributed by atoms with Crippen molar-refractivity contribution in [3.05, 3.63) is 55.4 Å². The third-order valence-electron chi connectivity index (χ3n) is 2.91. The van der Waals surface area contributed by atoms with E-state index < -0.39 is 0 Å². The Labute approximate surface area is 119 Å². The van der Waals surface area contributed by atoms with Crippen LogP contribution in [0.5, 0.6) is 0 Å². The summed E-state index contributed by atoms with van der Waals surface area (Å²) in [5, 5.41) is 3.19. The van der Waals surface area contributed by atoms with E-state index in [9.17, 15) is 4.39 Å². The highest BCUT2D eigenvalue weighted by Crippen LogP contribution is 2.34. The highest BCUT2D eigenvalue weighted by Gasteiger charge is 2.19. The first-order chi connectivity index (χ1) is 8.52. The molecule has 96 valence electrons. The van der Waals surface area contributed by atoms with Gasteiger partial charge in [-0.05, 0) is 49.0 Å². The second kappa shape index (κ2) is 5.51. The SMILES string of the molecule is CNC(c1cc(Br)c(C)s1)c1cc(C)ccc1F. The molecule has 18 heavy (non-hydrogen) atoms. The van der Waals surface area contributed by atoms with Crippen LogP contribution in [0.1, 0.15) is 26.9 Å². The molecule has 0 aliphatic heterocycles. The molecule has 2 rings (SSSR count). The third kappa shape index (κ3) is 2.66.